The van der Waals surface area contributed by atoms with Gasteiger partial charge in [0, 0.05) is 24.2 Å². The van der Waals surface area contributed by atoms with Crippen LogP contribution in [0.4, 0.5) is 5.82 Å². The average Bonchev–Trinajstić information content (AvgIpc) is 2.51. The van der Waals surface area contributed by atoms with Gasteiger partial charge in [-0.1, -0.05) is 0 Å². The molecule has 3 saturated carbocycles. The Morgan fingerprint density at radius 2 is 1.96 bits per heavy atom. The highest BCUT2D eigenvalue weighted by Gasteiger charge is 2.70. The molecule has 5 rings (SSSR count). The Balaban J connectivity index is 1.48. The topological polar surface area (TPSA) is 83.3 Å². The van der Waals surface area contributed by atoms with Crippen LogP contribution in [0, 0.1) is 18.3 Å². The molecule has 0 spiro atoms. The van der Waals surface area contributed by atoms with Gasteiger partial charge in [-0.05, 0) is 26.2 Å². The Hall–Kier alpha value is -1.91. The smallest absolute Gasteiger partial charge is 0.237 e. The van der Waals surface area contributed by atoms with Crippen LogP contribution in [-0.4, -0.2) is 59.4 Å². The van der Waals surface area contributed by atoms with Crippen LogP contribution in [0.5, 0.6) is 5.88 Å². The Labute approximate surface area is 135 Å². The Morgan fingerprint density at radius 1 is 1.26 bits per heavy atom. The van der Waals surface area contributed by atoms with Crippen LogP contribution in [0.1, 0.15) is 30.7 Å². The van der Waals surface area contributed by atoms with Crippen LogP contribution in [0.2, 0.25) is 0 Å². The molecular weight excluding hydrogens is 294 g/mol. The van der Waals surface area contributed by atoms with Gasteiger partial charge in [0.25, 0.3) is 0 Å². The Morgan fingerprint density at radius 3 is 2.57 bits per heavy atom. The number of ether oxygens (including phenoxy) is 2. The van der Waals surface area contributed by atoms with Crippen molar-refractivity contribution in [2.45, 2.75) is 37.3 Å². The molecule has 3 aliphatic carbocycles. The first kappa shape index (κ1) is 14.7. The fourth-order valence-electron chi connectivity index (χ4n) is 4.36. The summed E-state index contributed by atoms with van der Waals surface area (Å²) >= 11 is 0. The zero-order valence-electron chi connectivity index (χ0n) is 13.6. The summed E-state index contributed by atoms with van der Waals surface area (Å²) in [6.07, 6.45) is 3.40. The van der Waals surface area contributed by atoms with Crippen molar-refractivity contribution in [3.63, 3.8) is 0 Å². The number of morpholine rings is 1. The second kappa shape index (κ2) is 5.05. The molecule has 23 heavy (non-hydrogen) atoms. The van der Waals surface area contributed by atoms with E-state index in [1.807, 2.05) is 13.0 Å². The van der Waals surface area contributed by atoms with Crippen LogP contribution in [0.15, 0.2) is 0 Å². The molecule has 1 saturated heterocycles. The van der Waals surface area contributed by atoms with Crippen molar-refractivity contribution in [1.82, 2.24) is 14.9 Å². The van der Waals surface area contributed by atoms with Crippen LogP contribution in [0.25, 0.3) is 0 Å². The van der Waals surface area contributed by atoms with Crippen molar-refractivity contribution in [2.24, 2.45) is 0 Å². The molecule has 0 atom stereocenters. The molecule has 0 amide bonds. The first-order valence-corrected chi connectivity index (χ1v) is 8.04. The van der Waals surface area contributed by atoms with E-state index < -0.39 is 0 Å². The van der Waals surface area contributed by atoms with Crippen LogP contribution in [0.3, 0.4) is 0 Å². The third-order valence-corrected chi connectivity index (χ3v) is 5.46. The molecule has 2 bridgehead atoms. The van der Waals surface area contributed by atoms with E-state index in [1.165, 1.54) is 0 Å². The van der Waals surface area contributed by atoms with E-state index in [-0.39, 0.29) is 11.4 Å². The molecule has 4 fully saturated rings. The van der Waals surface area contributed by atoms with Gasteiger partial charge in [0.1, 0.15) is 11.9 Å². The summed E-state index contributed by atoms with van der Waals surface area (Å²) < 4.78 is 10.7. The molecular formula is C16H21N5O2. The minimum atomic E-state index is 0.120. The van der Waals surface area contributed by atoms with Crippen molar-refractivity contribution < 1.29 is 9.47 Å². The lowest BCUT2D eigenvalue weighted by molar-refractivity contribution is -0.172. The minimum Gasteiger partial charge on any atom is -0.481 e. The number of aromatic nitrogens is 2. The second-order valence-electron chi connectivity index (χ2n) is 6.90. The number of hydrogen-bond acceptors (Lipinski definition) is 7. The fourth-order valence-corrected chi connectivity index (χ4v) is 4.36. The fraction of sp³-hybridized carbons (Fsp3) is 0.688. The molecule has 2 heterocycles. The van der Waals surface area contributed by atoms with Crippen molar-refractivity contribution in [3.8, 4) is 11.9 Å². The molecule has 0 unspecified atom stereocenters. The maximum Gasteiger partial charge on any atom is 0.237 e. The van der Waals surface area contributed by atoms with Gasteiger partial charge in [0.2, 0.25) is 11.7 Å². The number of anilines is 1. The molecule has 0 aromatic carbocycles. The van der Waals surface area contributed by atoms with E-state index in [0.29, 0.717) is 11.4 Å². The van der Waals surface area contributed by atoms with Crippen LogP contribution >= 0.6 is 0 Å². The largest absolute Gasteiger partial charge is 0.481 e. The first-order chi connectivity index (χ1) is 11.1. The third-order valence-electron chi connectivity index (χ3n) is 5.46. The average molecular weight is 315 g/mol. The number of rotatable bonds is 4. The lowest BCUT2D eigenvalue weighted by Gasteiger charge is -2.74. The quantitative estimate of drug-likeness (QED) is 0.890. The van der Waals surface area contributed by atoms with Gasteiger partial charge in [0.15, 0.2) is 0 Å². The molecule has 7 heteroatoms. The number of methoxy groups -OCH3 is 1. The van der Waals surface area contributed by atoms with E-state index in [4.69, 9.17) is 14.7 Å². The van der Waals surface area contributed by atoms with Gasteiger partial charge >= 0.3 is 0 Å². The highest BCUT2D eigenvalue weighted by Crippen LogP contribution is 2.64. The molecule has 0 radical (unpaired) electrons. The standard InChI is InChI=1S/C16H21N5O2/c1-11-13(18-12(7-17)19-14(11)22-2)20-15-8-16(9-15,10-15)21-3-5-23-6-4-21/h3-6,8-10H2,1-2H3,(H,18,19,20). The Bertz CT molecular complexity index is 658. The predicted octanol–water partition coefficient (Wildman–Crippen LogP) is 1.08. The summed E-state index contributed by atoms with van der Waals surface area (Å²) in [6, 6.07) is 2.00. The monoisotopic (exact) mass is 315 g/mol. The van der Waals surface area contributed by atoms with Crippen molar-refractivity contribution in [2.75, 3.05) is 38.7 Å². The molecule has 122 valence electrons. The maximum absolute atomic E-state index is 9.09. The summed E-state index contributed by atoms with van der Waals surface area (Å²) in [5, 5.41) is 12.6. The van der Waals surface area contributed by atoms with E-state index in [9.17, 15) is 0 Å². The predicted molar refractivity (Wildman–Crippen MR) is 83.4 cm³/mol. The molecule has 4 aliphatic rings. The normalized spacial score (nSPS) is 32.4. The van der Waals surface area contributed by atoms with E-state index in [2.05, 4.69) is 20.2 Å². The number of hydrogen-bond donors (Lipinski definition) is 1. The van der Waals surface area contributed by atoms with Gasteiger partial charge in [0.05, 0.1) is 25.9 Å². The van der Waals surface area contributed by atoms with Crippen molar-refractivity contribution in [1.29, 1.82) is 5.26 Å². The minimum absolute atomic E-state index is 0.120. The van der Waals surface area contributed by atoms with Gasteiger partial charge in [-0.15, -0.1) is 0 Å². The van der Waals surface area contributed by atoms with E-state index in [1.54, 1.807) is 7.11 Å². The van der Waals surface area contributed by atoms with E-state index >= 15 is 0 Å². The van der Waals surface area contributed by atoms with Crippen molar-refractivity contribution in [3.05, 3.63) is 11.4 Å². The summed E-state index contributed by atoms with van der Waals surface area (Å²) in [7, 11) is 1.56. The zero-order valence-corrected chi connectivity index (χ0v) is 13.6. The molecule has 1 aromatic rings. The van der Waals surface area contributed by atoms with Crippen molar-refractivity contribution >= 4 is 5.82 Å². The zero-order chi connectivity index (χ0) is 16.1. The number of nitrogens with zero attached hydrogens (tertiary/aromatic N) is 4. The molecule has 1 N–H and O–H groups in total. The second-order valence-corrected chi connectivity index (χ2v) is 6.90. The lowest BCUT2D eigenvalue weighted by Crippen LogP contribution is -2.82. The van der Waals surface area contributed by atoms with E-state index in [0.717, 1.165) is 56.9 Å². The third kappa shape index (κ3) is 2.17. The number of nitriles is 1. The summed E-state index contributed by atoms with van der Waals surface area (Å²) in [5.74, 6) is 1.33. The van der Waals surface area contributed by atoms with Gasteiger partial charge < -0.3 is 14.8 Å². The van der Waals surface area contributed by atoms with Gasteiger partial charge in [-0.2, -0.15) is 10.2 Å². The SMILES string of the molecule is COc1nc(C#N)nc(NC23CC(N4CCOCC4)(C2)C3)c1C. The molecule has 1 aliphatic heterocycles. The Kier molecular flexibility index (Phi) is 3.22. The summed E-state index contributed by atoms with van der Waals surface area (Å²) in [5.41, 5.74) is 1.34. The first-order valence-electron chi connectivity index (χ1n) is 8.04. The van der Waals surface area contributed by atoms with Crippen LogP contribution < -0.4 is 10.1 Å². The highest BCUT2D eigenvalue weighted by atomic mass is 16.5. The van der Waals surface area contributed by atoms with Crippen LogP contribution in [-0.2, 0) is 4.74 Å². The maximum atomic E-state index is 9.09. The van der Waals surface area contributed by atoms with Gasteiger partial charge in [-0.25, -0.2) is 4.98 Å². The molecule has 7 nitrogen and oxygen atoms in total. The van der Waals surface area contributed by atoms with Gasteiger partial charge in [-0.3, -0.25) is 4.90 Å². The number of nitrogens with one attached hydrogen (secondary N) is 1. The summed E-state index contributed by atoms with van der Waals surface area (Å²) in [4.78, 5) is 11.0. The summed E-state index contributed by atoms with van der Waals surface area (Å²) in [6.45, 7) is 5.68. The highest BCUT2D eigenvalue weighted by molar-refractivity contribution is 5.54. The lowest BCUT2D eigenvalue weighted by atomic mass is 9.43. The molecule has 1 aromatic heterocycles.